The van der Waals surface area contributed by atoms with Crippen molar-refractivity contribution in [2.45, 2.75) is 24.8 Å². The van der Waals surface area contributed by atoms with E-state index in [1.165, 1.54) is 0 Å². The van der Waals surface area contributed by atoms with Crippen LogP contribution in [0, 0.1) is 11.3 Å². The predicted octanol–water partition coefficient (Wildman–Crippen LogP) is 3.55. The van der Waals surface area contributed by atoms with E-state index in [0.29, 0.717) is 0 Å². The lowest BCUT2D eigenvalue weighted by Gasteiger charge is -2.03. The fourth-order valence-corrected chi connectivity index (χ4v) is 2.39. The number of thioether (sulfide) groups is 1. The van der Waals surface area contributed by atoms with Crippen LogP contribution in [0.3, 0.4) is 0 Å². The molecule has 0 radical (unpaired) electrons. The highest BCUT2D eigenvalue weighted by Crippen LogP contribution is 2.26. The van der Waals surface area contributed by atoms with E-state index in [1.54, 1.807) is 11.8 Å². The highest BCUT2D eigenvalue weighted by Gasteiger charge is 2.06. The average Bonchev–Trinajstić information content (AvgIpc) is 2.87. The van der Waals surface area contributed by atoms with Gasteiger partial charge in [0.05, 0.1) is 11.3 Å². The van der Waals surface area contributed by atoms with Gasteiger partial charge in [0.1, 0.15) is 6.07 Å². The molecule has 0 N–H and O–H groups in total. The van der Waals surface area contributed by atoms with Crippen LogP contribution in [0.5, 0.6) is 0 Å². The molecular formula is C14H15N3S. The van der Waals surface area contributed by atoms with Gasteiger partial charge in [0.15, 0.2) is 0 Å². The van der Waals surface area contributed by atoms with E-state index in [-0.39, 0.29) is 0 Å². The lowest BCUT2D eigenvalue weighted by atomic mass is 10.1. The van der Waals surface area contributed by atoms with Gasteiger partial charge >= 0.3 is 0 Å². The third-order valence-electron chi connectivity index (χ3n) is 2.71. The molecule has 1 heterocycles. The van der Waals surface area contributed by atoms with Crippen LogP contribution in [0.15, 0.2) is 35.4 Å². The Hall–Kier alpha value is -1.73. The minimum atomic E-state index is 0.722. The number of rotatable bonds is 4. The van der Waals surface area contributed by atoms with Crippen molar-refractivity contribution in [2.75, 3.05) is 6.26 Å². The van der Waals surface area contributed by atoms with Crippen molar-refractivity contribution >= 4 is 11.8 Å². The predicted molar refractivity (Wildman–Crippen MR) is 74.5 cm³/mol. The maximum atomic E-state index is 9.00. The fourth-order valence-electron chi connectivity index (χ4n) is 1.81. The molecule has 2 aromatic rings. The summed E-state index contributed by atoms with van der Waals surface area (Å²) in [4.78, 5) is 1.00. The highest BCUT2D eigenvalue weighted by atomic mass is 32.2. The quantitative estimate of drug-likeness (QED) is 0.786. The van der Waals surface area contributed by atoms with Crippen LogP contribution in [0.1, 0.15) is 18.9 Å². The van der Waals surface area contributed by atoms with Gasteiger partial charge in [0.25, 0.3) is 0 Å². The summed E-state index contributed by atoms with van der Waals surface area (Å²) in [6, 6.07) is 10.1. The Morgan fingerprint density at radius 1 is 1.39 bits per heavy atom. The molecule has 0 aliphatic heterocycles. The molecule has 0 atom stereocenters. The van der Waals surface area contributed by atoms with Crippen LogP contribution in [-0.4, -0.2) is 16.0 Å². The molecule has 0 amide bonds. The summed E-state index contributed by atoms with van der Waals surface area (Å²) in [6.45, 7) is 3.07. The standard InChI is InChI=1S/C14H15N3S/c1-3-7-17-8-6-13(16-17)11-4-5-12(10-15)14(9-11)18-2/h4-6,8-9H,3,7H2,1-2H3. The summed E-state index contributed by atoms with van der Waals surface area (Å²) < 4.78 is 1.95. The number of aromatic nitrogens is 2. The smallest absolute Gasteiger partial charge is 0.100 e. The first-order valence-electron chi connectivity index (χ1n) is 5.90. The van der Waals surface area contributed by atoms with E-state index >= 15 is 0 Å². The molecule has 1 aromatic heterocycles. The number of hydrogen-bond donors (Lipinski definition) is 0. The third-order valence-corrected chi connectivity index (χ3v) is 3.49. The Morgan fingerprint density at radius 2 is 2.22 bits per heavy atom. The molecule has 0 unspecified atom stereocenters. The summed E-state index contributed by atoms with van der Waals surface area (Å²) in [5.41, 5.74) is 2.75. The van der Waals surface area contributed by atoms with E-state index in [1.807, 2.05) is 41.4 Å². The summed E-state index contributed by atoms with van der Waals surface area (Å²) in [5, 5.41) is 13.5. The minimum Gasteiger partial charge on any atom is -0.272 e. The first kappa shape index (κ1) is 12.7. The first-order valence-corrected chi connectivity index (χ1v) is 7.13. The number of hydrogen-bond acceptors (Lipinski definition) is 3. The highest BCUT2D eigenvalue weighted by molar-refractivity contribution is 7.98. The number of aryl methyl sites for hydroxylation is 1. The van der Waals surface area contributed by atoms with Crippen LogP contribution < -0.4 is 0 Å². The second-order valence-electron chi connectivity index (χ2n) is 3.99. The van der Waals surface area contributed by atoms with Gasteiger partial charge in [-0.25, -0.2) is 0 Å². The number of nitriles is 1. The van der Waals surface area contributed by atoms with Gasteiger partial charge in [-0.05, 0) is 30.9 Å². The van der Waals surface area contributed by atoms with Crippen molar-refractivity contribution < 1.29 is 0 Å². The van der Waals surface area contributed by atoms with Gasteiger partial charge < -0.3 is 0 Å². The fraction of sp³-hybridized carbons (Fsp3) is 0.286. The molecule has 0 bridgehead atoms. The largest absolute Gasteiger partial charge is 0.272 e. The van der Waals surface area contributed by atoms with Crippen LogP contribution in [-0.2, 0) is 6.54 Å². The Labute approximate surface area is 111 Å². The van der Waals surface area contributed by atoms with Crippen molar-refractivity contribution in [3.8, 4) is 17.3 Å². The molecule has 3 nitrogen and oxygen atoms in total. The summed E-state index contributed by atoms with van der Waals surface area (Å²) in [5.74, 6) is 0. The SMILES string of the molecule is CCCn1ccc(-c2ccc(C#N)c(SC)c2)n1. The number of nitrogens with zero attached hydrogens (tertiary/aromatic N) is 3. The third kappa shape index (κ3) is 2.57. The zero-order chi connectivity index (χ0) is 13.0. The van der Waals surface area contributed by atoms with E-state index in [0.717, 1.165) is 34.7 Å². The summed E-state index contributed by atoms with van der Waals surface area (Å²) in [6.07, 6.45) is 5.05. The number of benzene rings is 1. The normalized spacial score (nSPS) is 10.3. The summed E-state index contributed by atoms with van der Waals surface area (Å²) >= 11 is 1.59. The molecule has 18 heavy (non-hydrogen) atoms. The zero-order valence-corrected chi connectivity index (χ0v) is 11.4. The van der Waals surface area contributed by atoms with Crippen LogP contribution >= 0.6 is 11.8 Å². The lowest BCUT2D eigenvalue weighted by molar-refractivity contribution is 0.604. The topological polar surface area (TPSA) is 41.6 Å². The molecule has 4 heteroatoms. The molecule has 1 aromatic carbocycles. The molecule has 0 saturated carbocycles. The van der Waals surface area contributed by atoms with Crippen LogP contribution in [0.2, 0.25) is 0 Å². The van der Waals surface area contributed by atoms with Crippen LogP contribution in [0.25, 0.3) is 11.3 Å². The molecule has 0 fully saturated rings. The second-order valence-corrected chi connectivity index (χ2v) is 4.84. The molecule has 0 spiro atoms. The molecule has 92 valence electrons. The van der Waals surface area contributed by atoms with Crippen molar-refractivity contribution in [3.05, 3.63) is 36.0 Å². The summed E-state index contributed by atoms with van der Waals surface area (Å²) in [7, 11) is 0. The first-order chi connectivity index (χ1) is 8.78. The van der Waals surface area contributed by atoms with Gasteiger partial charge in [-0.2, -0.15) is 10.4 Å². The van der Waals surface area contributed by atoms with Crippen molar-refractivity contribution in [3.63, 3.8) is 0 Å². The Kier molecular flexibility index (Phi) is 4.06. The maximum Gasteiger partial charge on any atom is 0.100 e. The van der Waals surface area contributed by atoms with Gasteiger partial charge in [0, 0.05) is 23.2 Å². The van der Waals surface area contributed by atoms with Gasteiger partial charge in [-0.15, -0.1) is 11.8 Å². The monoisotopic (exact) mass is 257 g/mol. The Morgan fingerprint density at radius 3 is 2.89 bits per heavy atom. The second kappa shape index (κ2) is 5.74. The van der Waals surface area contributed by atoms with E-state index in [9.17, 15) is 0 Å². The van der Waals surface area contributed by atoms with E-state index in [4.69, 9.17) is 5.26 Å². The van der Waals surface area contributed by atoms with Gasteiger partial charge in [-0.1, -0.05) is 13.0 Å². The van der Waals surface area contributed by atoms with Gasteiger partial charge in [-0.3, -0.25) is 4.68 Å². The van der Waals surface area contributed by atoms with Gasteiger partial charge in [0.2, 0.25) is 0 Å². The average molecular weight is 257 g/mol. The zero-order valence-electron chi connectivity index (χ0n) is 10.6. The maximum absolute atomic E-state index is 9.00. The molecule has 0 aliphatic rings. The van der Waals surface area contributed by atoms with E-state index in [2.05, 4.69) is 18.1 Å². The van der Waals surface area contributed by atoms with Crippen LogP contribution in [0.4, 0.5) is 0 Å². The molecule has 0 saturated heterocycles. The lowest BCUT2D eigenvalue weighted by Crippen LogP contribution is -1.96. The van der Waals surface area contributed by atoms with Crippen molar-refractivity contribution in [1.82, 2.24) is 9.78 Å². The minimum absolute atomic E-state index is 0.722. The molecule has 0 aliphatic carbocycles. The van der Waals surface area contributed by atoms with Crippen molar-refractivity contribution in [1.29, 1.82) is 5.26 Å². The Bertz CT molecular complexity index is 581. The molecule has 2 rings (SSSR count). The molecular weight excluding hydrogens is 242 g/mol. The Balaban J connectivity index is 2.35. The van der Waals surface area contributed by atoms with Crippen molar-refractivity contribution in [2.24, 2.45) is 0 Å². The van der Waals surface area contributed by atoms with E-state index < -0.39 is 0 Å².